The molecular formula is C22H23N7O. The van der Waals surface area contributed by atoms with Crippen molar-refractivity contribution in [1.29, 1.82) is 0 Å². The summed E-state index contributed by atoms with van der Waals surface area (Å²) in [5.74, 6) is 0.209. The molecule has 3 aromatic heterocycles. The van der Waals surface area contributed by atoms with Crippen molar-refractivity contribution in [3.05, 3.63) is 59.5 Å². The zero-order valence-corrected chi connectivity index (χ0v) is 16.8. The Balaban J connectivity index is 1.46. The lowest BCUT2D eigenvalue weighted by Crippen LogP contribution is -2.23. The molecule has 152 valence electrons. The van der Waals surface area contributed by atoms with Crippen molar-refractivity contribution < 1.29 is 5.11 Å². The molecule has 30 heavy (non-hydrogen) atoms. The number of rotatable bonds is 4. The Morgan fingerprint density at radius 1 is 1.07 bits per heavy atom. The first kappa shape index (κ1) is 18.6. The zero-order chi connectivity index (χ0) is 20.7. The standard InChI is InChI=1S/C22H23N7O/c1-14-6-4-8-16-19(14)25-21(23)26-20(16)17-13-29(28-27-17)12-15-7-5-9-18(24-15)22(30)10-2-3-11-22/h4-9,13,30H,2-3,10-12H2,1H3,(H2,23,25,26). The highest BCUT2D eigenvalue weighted by atomic mass is 16.3. The summed E-state index contributed by atoms with van der Waals surface area (Å²) in [5.41, 5.74) is 9.83. The number of anilines is 1. The highest BCUT2D eigenvalue weighted by Crippen LogP contribution is 2.37. The number of aliphatic hydroxyl groups is 1. The van der Waals surface area contributed by atoms with Gasteiger partial charge in [-0.15, -0.1) is 5.10 Å². The Kier molecular flexibility index (Phi) is 4.43. The molecule has 1 aliphatic rings. The highest BCUT2D eigenvalue weighted by Gasteiger charge is 2.34. The Morgan fingerprint density at radius 2 is 1.87 bits per heavy atom. The molecule has 0 amide bonds. The van der Waals surface area contributed by atoms with Gasteiger partial charge in [0, 0.05) is 5.39 Å². The molecule has 3 heterocycles. The SMILES string of the molecule is Cc1cccc2c(-c3cn(Cc4cccc(C5(O)CCCC5)n4)nn3)nc(N)nc12. The lowest BCUT2D eigenvalue weighted by molar-refractivity contribution is 0.0397. The molecule has 8 heteroatoms. The Labute approximate surface area is 173 Å². The van der Waals surface area contributed by atoms with Gasteiger partial charge in [-0.3, -0.25) is 4.98 Å². The fourth-order valence-corrected chi connectivity index (χ4v) is 4.20. The van der Waals surface area contributed by atoms with E-state index in [0.29, 0.717) is 17.9 Å². The summed E-state index contributed by atoms with van der Waals surface area (Å²) >= 11 is 0. The van der Waals surface area contributed by atoms with Crippen molar-refractivity contribution in [3.8, 4) is 11.4 Å². The van der Waals surface area contributed by atoms with Gasteiger partial charge in [-0.2, -0.15) is 0 Å². The quantitative estimate of drug-likeness (QED) is 0.540. The van der Waals surface area contributed by atoms with Gasteiger partial charge < -0.3 is 10.8 Å². The largest absolute Gasteiger partial charge is 0.384 e. The molecule has 3 N–H and O–H groups in total. The summed E-state index contributed by atoms with van der Waals surface area (Å²) in [4.78, 5) is 13.5. The van der Waals surface area contributed by atoms with Crippen LogP contribution in [0.2, 0.25) is 0 Å². The van der Waals surface area contributed by atoms with Crippen molar-refractivity contribution in [1.82, 2.24) is 29.9 Å². The first-order valence-corrected chi connectivity index (χ1v) is 10.1. The van der Waals surface area contributed by atoms with Gasteiger partial charge in [0.05, 0.1) is 29.6 Å². The lowest BCUT2D eigenvalue weighted by atomic mass is 9.97. The number of pyridine rings is 1. The second-order valence-corrected chi connectivity index (χ2v) is 7.96. The van der Waals surface area contributed by atoms with Crippen LogP contribution < -0.4 is 5.73 Å². The zero-order valence-electron chi connectivity index (χ0n) is 16.8. The molecular weight excluding hydrogens is 378 g/mol. The van der Waals surface area contributed by atoms with Crippen molar-refractivity contribution in [3.63, 3.8) is 0 Å². The Bertz CT molecular complexity index is 1230. The maximum Gasteiger partial charge on any atom is 0.221 e. The van der Waals surface area contributed by atoms with E-state index in [1.54, 1.807) is 4.68 Å². The summed E-state index contributed by atoms with van der Waals surface area (Å²) in [7, 11) is 0. The van der Waals surface area contributed by atoms with Crippen LogP contribution >= 0.6 is 0 Å². The van der Waals surface area contributed by atoms with Crippen LogP contribution in [0.1, 0.15) is 42.6 Å². The topological polar surface area (TPSA) is 116 Å². The summed E-state index contributed by atoms with van der Waals surface area (Å²) in [6.07, 6.45) is 5.42. The van der Waals surface area contributed by atoms with E-state index < -0.39 is 5.60 Å². The number of fused-ring (bicyclic) bond motifs is 1. The maximum absolute atomic E-state index is 10.8. The number of nitrogens with two attached hydrogens (primary N) is 1. The predicted molar refractivity (Wildman–Crippen MR) is 113 cm³/mol. The number of nitrogens with zero attached hydrogens (tertiary/aromatic N) is 6. The van der Waals surface area contributed by atoms with E-state index in [2.05, 4.69) is 20.3 Å². The summed E-state index contributed by atoms with van der Waals surface area (Å²) in [5, 5.41) is 20.3. The van der Waals surface area contributed by atoms with E-state index in [9.17, 15) is 5.11 Å². The molecule has 0 radical (unpaired) electrons. The molecule has 1 aromatic carbocycles. The third-order valence-electron chi connectivity index (χ3n) is 5.77. The molecule has 8 nitrogen and oxygen atoms in total. The normalized spacial score (nSPS) is 15.7. The van der Waals surface area contributed by atoms with Gasteiger partial charge in [0.1, 0.15) is 17.0 Å². The summed E-state index contributed by atoms with van der Waals surface area (Å²) < 4.78 is 1.72. The van der Waals surface area contributed by atoms with Gasteiger partial charge in [-0.1, -0.05) is 42.3 Å². The molecule has 0 unspecified atom stereocenters. The second-order valence-electron chi connectivity index (χ2n) is 7.96. The number of para-hydroxylation sites is 1. The molecule has 0 atom stereocenters. The maximum atomic E-state index is 10.8. The van der Waals surface area contributed by atoms with Crippen LogP contribution in [0.5, 0.6) is 0 Å². The third-order valence-corrected chi connectivity index (χ3v) is 5.77. The number of aromatic nitrogens is 6. The van der Waals surface area contributed by atoms with Crippen molar-refractivity contribution in [2.75, 3.05) is 5.73 Å². The second kappa shape index (κ2) is 7.14. The van der Waals surface area contributed by atoms with Crippen LogP contribution in [-0.4, -0.2) is 35.1 Å². The van der Waals surface area contributed by atoms with Gasteiger partial charge in [-0.25, -0.2) is 14.6 Å². The van der Waals surface area contributed by atoms with Gasteiger partial charge >= 0.3 is 0 Å². The smallest absolute Gasteiger partial charge is 0.221 e. The van der Waals surface area contributed by atoms with E-state index >= 15 is 0 Å². The predicted octanol–water partition coefficient (Wildman–Crippen LogP) is 2.98. The molecule has 4 aromatic rings. The Hall–Kier alpha value is -3.39. The minimum Gasteiger partial charge on any atom is -0.384 e. The van der Waals surface area contributed by atoms with E-state index in [4.69, 9.17) is 10.7 Å². The van der Waals surface area contributed by atoms with Crippen LogP contribution in [0, 0.1) is 6.92 Å². The fraction of sp³-hybridized carbons (Fsp3) is 0.318. The monoisotopic (exact) mass is 401 g/mol. The lowest BCUT2D eigenvalue weighted by Gasteiger charge is -2.21. The van der Waals surface area contributed by atoms with E-state index in [1.165, 1.54) is 0 Å². The summed E-state index contributed by atoms with van der Waals surface area (Å²) in [6.45, 7) is 2.45. The van der Waals surface area contributed by atoms with E-state index in [0.717, 1.165) is 53.5 Å². The molecule has 0 aliphatic heterocycles. The minimum absolute atomic E-state index is 0.209. The van der Waals surface area contributed by atoms with Gasteiger partial charge in [0.2, 0.25) is 5.95 Å². The van der Waals surface area contributed by atoms with Crippen LogP contribution in [0.4, 0.5) is 5.95 Å². The molecule has 0 saturated heterocycles. The average Bonchev–Trinajstić information content (AvgIpc) is 3.38. The van der Waals surface area contributed by atoms with Crippen LogP contribution in [0.15, 0.2) is 42.6 Å². The molecule has 0 bridgehead atoms. The molecule has 1 saturated carbocycles. The van der Waals surface area contributed by atoms with E-state index in [-0.39, 0.29) is 5.95 Å². The van der Waals surface area contributed by atoms with E-state index in [1.807, 2.05) is 49.5 Å². The molecule has 5 rings (SSSR count). The first-order chi connectivity index (χ1) is 14.5. The van der Waals surface area contributed by atoms with Crippen molar-refractivity contribution >= 4 is 16.9 Å². The van der Waals surface area contributed by atoms with Crippen LogP contribution in [0.3, 0.4) is 0 Å². The van der Waals surface area contributed by atoms with Gasteiger partial charge in [-0.05, 0) is 37.5 Å². The number of benzene rings is 1. The van der Waals surface area contributed by atoms with Gasteiger partial charge in [0.25, 0.3) is 0 Å². The molecule has 0 spiro atoms. The number of hydrogen-bond donors (Lipinski definition) is 2. The van der Waals surface area contributed by atoms with Crippen molar-refractivity contribution in [2.45, 2.75) is 44.8 Å². The third kappa shape index (κ3) is 3.29. The highest BCUT2D eigenvalue weighted by molar-refractivity contribution is 5.93. The fourth-order valence-electron chi connectivity index (χ4n) is 4.20. The number of aryl methyl sites for hydroxylation is 1. The minimum atomic E-state index is -0.807. The average molecular weight is 401 g/mol. The molecule has 1 fully saturated rings. The van der Waals surface area contributed by atoms with Crippen LogP contribution in [0.25, 0.3) is 22.3 Å². The first-order valence-electron chi connectivity index (χ1n) is 10.1. The number of hydrogen-bond acceptors (Lipinski definition) is 7. The Morgan fingerprint density at radius 3 is 2.70 bits per heavy atom. The molecule has 1 aliphatic carbocycles. The van der Waals surface area contributed by atoms with Crippen molar-refractivity contribution in [2.24, 2.45) is 0 Å². The number of nitrogen functional groups attached to an aromatic ring is 1. The van der Waals surface area contributed by atoms with Crippen LogP contribution in [-0.2, 0) is 12.1 Å². The van der Waals surface area contributed by atoms with Gasteiger partial charge in [0.15, 0.2) is 0 Å². The summed E-state index contributed by atoms with van der Waals surface area (Å²) in [6, 6.07) is 11.7.